The Morgan fingerprint density at radius 1 is 1.40 bits per heavy atom. The van der Waals surface area contributed by atoms with Gasteiger partial charge in [0.2, 0.25) is 0 Å². The van der Waals surface area contributed by atoms with Crippen molar-refractivity contribution in [2.24, 2.45) is 0 Å². The number of halogens is 1. The Morgan fingerprint density at radius 2 is 2.05 bits per heavy atom. The lowest BCUT2D eigenvalue weighted by Gasteiger charge is -2.06. The smallest absolute Gasteiger partial charge is 0.250 e. The lowest BCUT2D eigenvalue weighted by atomic mass is 10.2. The van der Waals surface area contributed by atoms with Crippen molar-refractivity contribution in [3.05, 3.63) is 34.9 Å². The minimum absolute atomic E-state index is 0.125. The van der Waals surface area contributed by atoms with Gasteiger partial charge in [-0.3, -0.25) is 4.79 Å². The SMILES string of the molecule is C/C=C(\C)C(=O)Nc1ccc(S)c(Cl)c1.C1CCNC1. The third kappa shape index (κ3) is 5.99. The van der Waals surface area contributed by atoms with Crippen molar-refractivity contribution in [2.45, 2.75) is 31.6 Å². The average Bonchev–Trinajstić information content (AvgIpc) is 3.01. The quantitative estimate of drug-likeness (QED) is 0.572. The molecule has 2 N–H and O–H groups in total. The number of amides is 1. The first kappa shape index (κ1) is 17.1. The van der Waals surface area contributed by atoms with Crippen molar-refractivity contribution >= 4 is 35.8 Å². The fourth-order valence-electron chi connectivity index (χ4n) is 1.57. The first-order chi connectivity index (χ1) is 9.54. The van der Waals surface area contributed by atoms with Gasteiger partial charge in [-0.05, 0) is 58.0 Å². The predicted molar refractivity (Wildman–Crippen MR) is 88.9 cm³/mol. The summed E-state index contributed by atoms with van der Waals surface area (Å²) in [6.45, 7) is 6.07. The van der Waals surface area contributed by atoms with Crippen LogP contribution in [0.1, 0.15) is 26.7 Å². The molecule has 1 aliphatic rings. The summed E-state index contributed by atoms with van der Waals surface area (Å²) in [4.78, 5) is 12.2. The molecule has 2 rings (SSSR count). The standard InChI is InChI=1S/C11H12ClNOS.C4H9N/c1-3-7(2)11(14)13-8-4-5-10(15)9(12)6-8;1-2-4-5-3-1/h3-6,15H,1-2H3,(H,13,14);5H,1-4H2/b7-3+;. The highest BCUT2D eigenvalue weighted by molar-refractivity contribution is 7.80. The van der Waals surface area contributed by atoms with Gasteiger partial charge in [0.25, 0.3) is 5.91 Å². The molecule has 1 saturated heterocycles. The molecule has 0 aliphatic carbocycles. The van der Waals surface area contributed by atoms with Crippen LogP contribution in [0.4, 0.5) is 5.69 Å². The van der Waals surface area contributed by atoms with E-state index in [4.69, 9.17) is 11.6 Å². The average molecular weight is 313 g/mol. The molecule has 0 radical (unpaired) electrons. The number of anilines is 1. The number of thiol groups is 1. The number of carbonyl (C=O) groups excluding carboxylic acids is 1. The maximum Gasteiger partial charge on any atom is 0.250 e. The second-order valence-corrected chi connectivity index (χ2v) is 5.44. The van der Waals surface area contributed by atoms with Crippen LogP contribution < -0.4 is 10.6 Å². The van der Waals surface area contributed by atoms with Gasteiger partial charge in [-0.15, -0.1) is 12.6 Å². The zero-order valence-corrected chi connectivity index (χ0v) is 13.5. The van der Waals surface area contributed by atoms with E-state index in [1.165, 1.54) is 25.9 Å². The molecule has 1 aromatic rings. The van der Waals surface area contributed by atoms with Gasteiger partial charge >= 0.3 is 0 Å². The number of rotatable bonds is 2. The number of carbonyl (C=O) groups is 1. The first-order valence-corrected chi connectivity index (χ1v) is 7.50. The monoisotopic (exact) mass is 312 g/mol. The van der Waals surface area contributed by atoms with E-state index in [-0.39, 0.29) is 5.91 Å². The van der Waals surface area contributed by atoms with E-state index in [9.17, 15) is 4.79 Å². The molecule has 1 fully saturated rings. The van der Waals surface area contributed by atoms with Gasteiger partial charge in [0, 0.05) is 16.2 Å². The molecule has 1 aromatic carbocycles. The molecule has 1 amide bonds. The van der Waals surface area contributed by atoms with Crippen LogP contribution in [0.25, 0.3) is 0 Å². The number of benzene rings is 1. The van der Waals surface area contributed by atoms with Crippen LogP contribution in [-0.2, 0) is 4.79 Å². The molecule has 0 aromatic heterocycles. The predicted octanol–water partition coefficient (Wildman–Crippen LogP) is 3.90. The minimum atomic E-state index is -0.125. The van der Waals surface area contributed by atoms with Gasteiger partial charge in [-0.25, -0.2) is 0 Å². The highest BCUT2D eigenvalue weighted by Crippen LogP contribution is 2.23. The Balaban J connectivity index is 0.000000333. The van der Waals surface area contributed by atoms with Crippen molar-refractivity contribution in [1.29, 1.82) is 0 Å². The summed E-state index contributed by atoms with van der Waals surface area (Å²) in [5, 5.41) is 6.48. The van der Waals surface area contributed by atoms with Crippen LogP contribution in [0, 0.1) is 0 Å². The Labute approximate surface area is 131 Å². The lowest BCUT2D eigenvalue weighted by Crippen LogP contribution is -2.12. The molecule has 0 bridgehead atoms. The van der Waals surface area contributed by atoms with Crippen LogP contribution in [0.3, 0.4) is 0 Å². The Morgan fingerprint density at radius 3 is 2.50 bits per heavy atom. The van der Waals surface area contributed by atoms with E-state index >= 15 is 0 Å². The highest BCUT2D eigenvalue weighted by atomic mass is 35.5. The largest absolute Gasteiger partial charge is 0.322 e. The number of hydrogen-bond acceptors (Lipinski definition) is 3. The van der Waals surface area contributed by atoms with E-state index < -0.39 is 0 Å². The molecule has 0 atom stereocenters. The molecule has 5 heteroatoms. The summed E-state index contributed by atoms with van der Waals surface area (Å²) < 4.78 is 0. The van der Waals surface area contributed by atoms with Crippen molar-refractivity contribution in [3.8, 4) is 0 Å². The Bertz CT molecular complexity index is 477. The molecule has 1 heterocycles. The van der Waals surface area contributed by atoms with E-state index in [0.717, 1.165) is 0 Å². The van der Waals surface area contributed by atoms with Crippen molar-refractivity contribution in [1.82, 2.24) is 5.32 Å². The zero-order chi connectivity index (χ0) is 15.0. The maximum atomic E-state index is 11.5. The van der Waals surface area contributed by atoms with Crippen LogP contribution in [0.15, 0.2) is 34.7 Å². The second-order valence-electron chi connectivity index (χ2n) is 4.55. The first-order valence-electron chi connectivity index (χ1n) is 6.68. The van der Waals surface area contributed by atoms with Gasteiger partial charge in [-0.1, -0.05) is 17.7 Å². The lowest BCUT2D eigenvalue weighted by molar-refractivity contribution is -0.112. The van der Waals surface area contributed by atoms with Gasteiger partial charge < -0.3 is 10.6 Å². The second kappa shape index (κ2) is 9.06. The van der Waals surface area contributed by atoms with Gasteiger partial charge in [0.05, 0.1) is 5.02 Å². The topological polar surface area (TPSA) is 41.1 Å². The third-order valence-corrected chi connectivity index (χ3v) is 3.79. The Kier molecular flexibility index (Phi) is 7.73. The summed E-state index contributed by atoms with van der Waals surface area (Å²) in [6.07, 6.45) is 4.53. The molecule has 0 unspecified atom stereocenters. The molecule has 110 valence electrons. The molecular weight excluding hydrogens is 292 g/mol. The van der Waals surface area contributed by atoms with E-state index in [1.807, 2.05) is 6.92 Å². The number of nitrogens with one attached hydrogen (secondary N) is 2. The van der Waals surface area contributed by atoms with Crippen molar-refractivity contribution < 1.29 is 4.79 Å². The third-order valence-electron chi connectivity index (χ3n) is 2.95. The molecule has 0 saturated carbocycles. The molecular formula is C15H21ClN2OS. The van der Waals surface area contributed by atoms with Gasteiger partial charge in [0.1, 0.15) is 0 Å². The molecule has 1 aliphatic heterocycles. The summed E-state index contributed by atoms with van der Waals surface area (Å²) in [6, 6.07) is 5.17. The van der Waals surface area contributed by atoms with Crippen LogP contribution in [-0.4, -0.2) is 19.0 Å². The summed E-state index contributed by atoms with van der Waals surface area (Å²) >= 11 is 10.0. The summed E-state index contributed by atoms with van der Waals surface area (Å²) in [5.41, 5.74) is 1.34. The van der Waals surface area contributed by atoms with Crippen molar-refractivity contribution in [2.75, 3.05) is 18.4 Å². The van der Waals surface area contributed by atoms with E-state index in [0.29, 0.717) is 21.2 Å². The fraction of sp³-hybridized carbons (Fsp3) is 0.400. The van der Waals surface area contributed by atoms with Gasteiger partial charge in [-0.2, -0.15) is 0 Å². The Hall–Kier alpha value is -0.970. The van der Waals surface area contributed by atoms with Gasteiger partial charge in [0.15, 0.2) is 0 Å². The molecule has 20 heavy (non-hydrogen) atoms. The van der Waals surface area contributed by atoms with E-state index in [1.54, 1.807) is 31.2 Å². The molecule has 0 spiro atoms. The van der Waals surface area contributed by atoms with Crippen LogP contribution >= 0.6 is 24.2 Å². The van der Waals surface area contributed by atoms with Crippen LogP contribution in [0.2, 0.25) is 5.02 Å². The summed E-state index contributed by atoms with van der Waals surface area (Å²) in [5.74, 6) is -0.125. The zero-order valence-electron chi connectivity index (χ0n) is 11.9. The summed E-state index contributed by atoms with van der Waals surface area (Å²) in [7, 11) is 0. The normalized spacial score (nSPS) is 14.5. The van der Waals surface area contributed by atoms with E-state index in [2.05, 4.69) is 23.3 Å². The highest BCUT2D eigenvalue weighted by Gasteiger charge is 2.04. The van der Waals surface area contributed by atoms with Crippen LogP contribution in [0.5, 0.6) is 0 Å². The molecule has 3 nitrogen and oxygen atoms in total. The fourth-order valence-corrected chi connectivity index (χ4v) is 1.89. The minimum Gasteiger partial charge on any atom is -0.322 e. The van der Waals surface area contributed by atoms with Crippen molar-refractivity contribution in [3.63, 3.8) is 0 Å². The number of hydrogen-bond donors (Lipinski definition) is 3. The number of allylic oxidation sites excluding steroid dienone is 1. The maximum absolute atomic E-state index is 11.5.